The number of carbonyl (C=O) groups is 1. The van der Waals surface area contributed by atoms with Gasteiger partial charge < -0.3 is 10.8 Å². The van der Waals surface area contributed by atoms with E-state index in [-0.39, 0.29) is 12.2 Å². The highest BCUT2D eigenvalue weighted by Crippen LogP contribution is 2.27. The van der Waals surface area contributed by atoms with Crippen LogP contribution in [0, 0.1) is 0 Å². The summed E-state index contributed by atoms with van der Waals surface area (Å²) in [5, 5.41) is 11.3. The van der Waals surface area contributed by atoms with Crippen LogP contribution in [0.25, 0.3) is 10.8 Å². The molecule has 0 aliphatic rings. The lowest BCUT2D eigenvalue weighted by Crippen LogP contribution is -2.13. The number of carbonyl (C=O) groups excluding carboxylic acids is 1. The van der Waals surface area contributed by atoms with Crippen LogP contribution in [-0.2, 0) is 11.2 Å². The van der Waals surface area contributed by atoms with E-state index in [2.05, 4.69) is 0 Å². The second kappa shape index (κ2) is 3.61. The second-order valence-corrected chi connectivity index (χ2v) is 3.44. The lowest BCUT2D eigenvalue weighted by Gasteiger charge is -2.06. The molecule has 0 saturated heterocycles. The van der Waals surface area contributed by atoms with Crippen molar-refractivity contribution in [3.8, 4) is 5.75 Å². The molecule has 3 heteroatoms. The first kappa shape index (κ1) is 9.52. The van der Waals surface area contributed by atoms with E-state index in [0.717, 1.165) is 10.9 Å². The van der Waals surface area contributed by atoms with Gasteiger partial charge in [0.15, 0.2) is 0 Å². The number of hydrogen-bond acceptors (Lipinski definition) is 2. The second-order valence-electron chi connectivity index (χ2n) is 3.44. The number of aromatic hydroxyl groups is 1. The summed E-state index contributed by atoms with van der Waals surface area (Å²) in [5.74, 6) is -0.213. The summed E-state index contributed by atoms with van der Waals surface area (Å²) in [6, 6.07) is 10.8. The molecule has 0 saturated carbocycles. The molecular weight excluding hydrogens is 190 g/mol. The number of amides is 1. The van der Waals surface area contributed by atoms with Gasteiger partial charge in [-0.2, -0.15) is 0 Å². The first-order valence-electron chi connectivity index (χ1n) is 4.66. The zero-order chi connectivity index (χ0) is 10.8. The SMILES string of the molecule is NC(=O)Cc1cccc2cccc(O)c12. The summed E-state index contributed by atoms with van der Waals surface area (Å²) in [5.41, 5.74) is 5.91. The Hall–Kier alpha value is -2.03. The summed E-state index contributed by atoms with van der Waals surface area (Å²) in [6.07, 6.45) is 0.148. The van der Waals surface area contributed by atoms with Crippen LogP contribution < -0.4 is 5.73 Å². The molecule has 2 rings (SSSR count). The number of nitrogens with two attached hydrogens (primary N) is 1. The summed E-state index contributed by atoms with van der Waals surface area (Å²) in [6.45, 7) is 0. The maximum absolute atomic E-state index is 10.9. The van der Waals surface area contributed by atoms with E-state index in [1.165, 1.54) is 0 Å². The highest BCUT2D eigenvalue weighted by Gasteiger charge is 2.07. The van der Waals surface area contributed by atoms with Gasteiger partial charge in [-0.05, 0) is 17.0 Å². The largest absolute Gasteiger partial charge is 0.507 e. The van der Waals surface area contributed by atoms with E-state index < -0.39 is 5.91 Å². The minimum atomic E-state index is -0.397. The normalized spacial score (nSPS) is 10.4. The van der Waals surface area contributed by atoms with Crippen LogP contribution in [0.1, 0.15) is 5.56 Å². The molecule has 0 aromatic heterocycles. The molecule has 0 spiro atoms. The molecule has 0 aliphatic heterocycles. The molecule has 1 amide bonds. The molecule has 0 heterocycles. The van der Waals surface area contributed by atoms with Crippen molar-refractivity contribution in [1.82, 2.24) is 0 Å². The molecule has 0 atom stereocenters. The molecule has 0 bridgehead atoms. The van der Waals surface area contributed by atoms with Crippen molar-refractivity contribution in [2.75, 3.05) is 0 Å². The molecule has 3 nitrogen and oxygen atoms in total. The van der Waals surface area contributed by atoms with Crippen LogP contribution in [0.5, 0.6) is 5.75 Å². The molecule has 0 unspecified atom stereocenters. The number of rotatable bonds is 2. The fourth-order valence-corrected chi connectivity index (χ4v) is 1.73. The molecule has 2 aromatic carbocycles. The number of hydrogen-bond donors (Lipinski definition) is 2. The molecule has 2 aromatic rings. The van der Waals surface area contributed by atoms with Crippen LogP contribution in [0.4, 0.5) is 0 Å². The first-order valence-corrected chi connectivity index (χ1v) is 4.66. The van der Waals surface area contributed by atoms with Gasteiger partial charge >= 0.3 is 0 Å². The molecule has 76 valence electrons. The van der Waals surface area contributed by atoms with Crippen LogP contribution in [0.3, 0.4) is 0 Å². The molecule has 3 N–H and O–H groups in total. The van der Waals surface area contributed by atoms with Crippen LogP contribution >= 0.6 is 0 Å². The van der Waals surface area contributed by atoms with Gasteiger partial charge in [0.25, 0.3) is 0 Å². The van der Waals surface area contributed by atoms with E-state index in [0.29, 0.717) is 5.39 Å². The Kier molecular flexibility index (Phi) is 2.29. The van der Waals surface area contributed by atoms with Gasteiger partial charge in [0, 0.05) is 5.39 Å². The van der Waals surface area contributed by atoms with Crippen molar-refractivity contribution in [2.45, 2.75) is 6.42 Å². The van der Waals surface area contributed by atoms with E-state index in [4.69, 9.17) is 5.73 Å². The van der Waals surface area contributed by atoms with Crippen molar-refractivity contribution in [3.63, 3.8) is 0 Å². The zero-order valence-electron chi connectivity index (χ0n) is 8.10. The number of primary amides is 1. The molecule has 0 radical (unpaired) electrons. The maximum atomic E-state index is 10.9. The molecule has 15 heavy (non-hydrogen) atoms. The van der Waals surface area contributed by atoms with E-state index in [9.17, 15) is 9.90 Å². The third-order valence-corrected chi connectivity index (χ3v) is 2.33. The lowest BCUT2D eigenvalue weighted by molar-refractivity contribution is -0.117. The average Bonchev–Trinajstić information content (AvgIpc) is 2.17. The monoisotopic (exact) mass is 201 g/mol. The number of phenols is 1. The fourth-order valence-electron chi connectivity index (χ4n) is 1.73. The summed E-state index contributed by atoms with van der Waals surface area (Å²) in [4.78, 5) is 10.9. The van der Waals surface area contributed by atoms with Crippen molar-refractivity contribution in [3.05, 3.63) is 42.0 Å². The van der Waals surface area contributed by atoms with Gasteiger partial charge in [0.05, 0.1) is 6.42 Å². The van der Waals surface area contributed by atoms with Gasteiger partial charge in [0.2, 0.25) is 5.91 Å². The topological polar surface area (TPSA) is 63.3 Å². The Balaban J connectivity index is 2.68. The van der Waals surface area contributed by atoms with Crippen LogP contribution in [-0.4, -0.2) is 11.0 Å². The van der Waals surface area contributed by atoms with Crippen LogP contribution in [0.15, 0.2) is 36.4 Å². The van der Waals surface area contributed by atoms with Gasteiger partial charge in [-0.3, -0.25) is 4.79 Å². The molecule has 0 aliphatic carbocycles. The minimum absolute atomic E-state index is 0.148. The van der Waals surface area contributed by atoms with E-state index >= 15 is 0 Å². The Morgan fingerprint density at radius 3 is 2.53 bits per heavy atom. The standard InChI is InChI=1S/C12H11NO2/c13-11(15)7-9-5-1-3-8-4-2-6-10(14)12(8)9/h1-6,14H,7H2,(H2,13,15). The van der Waals surface area contributed by atoms with Crippen molar-refractivity contribution in [1.29, 1.82) is 0 Å². The van der Waals surface area contributed by atoms with Crippen molar-refractivity contribution < 1.29 is 9.90 Å². The highest BCUT2D eigenvalue weighted by molar-refractivity contribution is 5.93. The Morgan fingerprint density at radius 1 is 1.20 bits per heavy atom. The highest BCUT2D eigenvalue weighted by atomic mass is 16.3. The lowest BCUT2D eigenvalue weighted by atomic mass is 10.0. The van der Waals surface area contributed by atoms with E-state index in [1.54, 1.807) is 18.2 Å². The third-order valence-electron chi connectivity index (χ3n) is 2.33. The summed E-state index contributed by atoms with van der Waals surface area (Å²) >= 11 is 0. The molecular formula is C12H11NO2. The van der Waals surface area contributed by atoms with Crippen LogP contribution in [0.2, 0.25) is 0 Å². The first-order chi connectivity index (χ1) is 7.18. The smallest absolute Gasteiger partial charge is 0.221 e. The van der Waals surface area contributed by atoms with Crippen molar-refractivity contribution >= 4 is 16.7 Å². The zero-order valence-corrected chi connectivity index (χ0v) is 8.10. The minimum Gasteiger partial charge on any atom is -0.507 e. The Morgan fingerprint density at radius 2 is 1.87 bits per heavy atom. The van der Waals surface area contributed by atoms with Gasteiger partial charge in [-0.1, -0.05) is 30.3 Å². The van der Waals surface area contributed by atoms with Gasteiger partial charge in [-0.25, -0.2) is 0 Å². The predicted molar refractivity (Wildman–Crippen MR) is 58.5 cm³/mol. The average molecular weight is 201 g/mol. The third kappa shape index (κ3) is 1.76. The van der Waals surface area contributed by atoms with Gasteiger partial charge in [0.1, 0.15) is 5.75 Å². The Bertz CT molecular complexity index is 515. The maximum Gasteiger partial charge on any atom is 0.221 e. The molecule has 0 fully saturated rings. The predicted octanol–water partition coefficient (Wildman–Crippen LogP) is 1.57. The quantitative estimate of drug-likeness (QED) is 0.774. The fraction of sp³-hybridized carbons (Fsp3) is 0.0833. The number of fused-ring (bicyclic) bond motifs is 1. The Labute approximate surface area is 87.1 Å². The summed E-state index contributed by atoms with van der Waals surface area (Å²) in [7, 11) is 0. The van der Waals surface area contributed by atoms with Gasteiger partial charge in [-0.15, -0.1) is 0 Å². The number of benzene rings is 2. The number of phenolic OH excluding ortho intramolecular Hbond substituents is 1. The summed E-state index contributed by atoms with van der Waals surface area (Å²) < 4.78 is 0. The van der Waals surface area contributed by atoms with Crippen molar-refractivity contribution in [2.24, 2.45) is 5.73 Å². The van der Waals surface area contributed by atoms with E-state index in [1.807, 2.05) is 18.2 Å².